The first kappa shape index (κ1) is 18.4. The summed E-state index contributed by atoms with van der Waals surface area (Å²) in [4.78, 5) is 25.3. The van der Waals surface area contributed by atoms with E-state index in [0.29, 0.717) is 6.42 Å². The first-order valence-electron chi connectivity index (χ1n) is 7.86. The van der Waals surface area contributed by atoms with Gasteiger partial charge in [0.25, 0.3) is 5.91 Å². The second kappa shape index (κ2) is 7.34. The zero-order valence-corrected chi connectivity index (χ0v) is 15.1. The van der Waals surface area contributed by atoms with Crippen molar-refractivity contribution in [3.8, 4) is 0 Å². The Kier molecular flexibility index (Phi) is 5.64. The molecule has 6 nitrogen and oxygen atoms in total. The summed E-state index contributed by atoms with van der Waals surface area (Å²) in [6.45, 7) is 3.60. The average Bonchev–Trinajstić information content (AvgIpc) is 2.88. The predicted molar refractivity (Wildman–Crippen MR) is 90.4 cm³/mol. The Morgan fingerprint density at radius 2 is 1.96 bits per heavy atom. The van der Waals surface area contributed by atoms with Crippen molar-refractivity contribution in [2.75, 3.05) is 25.2 Å². The van der Waals surface area contributed by atoms with E-state index < -0.39 is 15.8 Å². The number of esters is 1. The zero-order valence-electron chi connectivity index (χ0n) is 14.2. The van der Waals surface area contributed by atoms with Gasteiger partial charge in [-0.05, 0) is 37.0 Å². The molecular formula is C17H23NO5S. The van der Waals surface area contributed by atoms with E-state index in [1.165, 1.54) is 4.90 Å². The zero-order chi connectivity index (χ0) is 17.9. The number of likely N-dealkylation sites (N-methyl/N-ethyl adjacent to an activating group) is 1. The lowest BCUT2D eigenvalue weighted by Crippen LogP contribution is -2.40. The van der Waals surface area contributed by atoms with E-state index >= 15 is 0 Å². The standard InChI is InChI=1S/C17H23NO5S/c1-12-4-5-14(8-13(12)2)9-17(20)23-10-16(19)18(3)15-6-7-24(21,22)11-15/h4-5,8,15H,6-7,9-11H2,1-3H3/t15-/m1/s1. The van der Waals surface area contributed by atoms with Gasteiger partial charge in [0.05, 0.1) is 17.9 Å². The number of hydrogen-bond acceptors (Lipinski definition) is 5. The van der Waals surface area contributed by atoms with Crippen LogP contribution < -0.4 is 0 Å². The maximum Gasteiger partial charge on any atom is 0.310 e. The summed E-state index contributed by atoms with van der Waals surface area (Å²) in [6, 6.07) is 5.40. The summed E-state index contributed by atoms with van der Waals surface area (Å²) in [6.07, 6.45) is 0.539. The van der Waals surface area contributed by atoms with Gasteiger partial charge in [0.2, 0.25) is 0 Å². The molecule has 0 saturated carbocycles. The molecule has 1 amide bonds. The fourth-order valence-electron chi connectivity index (χ4n) is 2.66. The number of carbonyl (C=O) groups is 2. The van der Waals surface area contributed by atoms with Crippen molar-refractivity contribution in [3.63, 3.8) is 0 Å². The molecule has 1 fully saturated rings. The third-order valence-corrected chi connectivity index (χ3v) is 6.18. The number of rotatable bonds is 5. The summed E-state index contributed by atoms with van der Waals surface area (Å²) < 4.78 is 28.0. The Labute approximate surface area is 142 Å². The maximum absolute atomic E-state index is 12.1. The van der Waals surface area contributed by atoms with Gasteiger partial charge in [-0.1, -0.05) is 18.2 Å². The summed E-state index contributed by atoms with van der Waals surface area (Å²) in [5, 5.41) is 0. The Morgan fingerprint density at radius 3 is 2.54 bits per heavy atom. The number of amides is 1. The molecule has 1 aromatic rings. The minimum atomic E-state index is -3.06. The lowest BCUT2D eigenvalue weighted by atomic mass is 10.0. The third-order valence-electron chi connectivity index (χ3n) is 4.43. The second-order valence-electron chi connectivity index (χ2n) is 6.32. The van der Waals surface area contributed by atoms with Crippen LogP contribution in [-0.4, -0.2) is 56.4 Å². The average molecular weight is 353 g/mol. The molecule has 132 valence electrons. The molecule has 0 aromatic heterocycles. The Hall–Kier alpha value is -1.89. The monoisotopic (exact) mass is 353 g/mol. The van der Waals surface area contributed by atoms with Crippen molar-refractivity contribution in [1.29, 1.82) is 0 Å². The molecule has 1 aromatic carbocycles. The van der Waals surface area contributed by atoms with Gasteiger partial charge in [-0.25, -0.2) is 8.42 Å². The van der Waals surface area contributed by atoms with Crippen molar-refractivity contribution >= 4 is 21.7 Å². The van der Waals surface area contributed by atoms with Gasteiger partial charge in [0.15, 0.2) is 16.4 Å². The van der Waals surface area contributed by atoms with E-state index in [1.54, 1.807) is 7.05 Å². The molecule has 0 aliphatic carbocycles. The molecule has 1 heterocycles. The summed E-state index contributed by atoms with van der Waals surface area (Å²) in [5.74, 6) is -0.780. The molecule has 2 rings (SSSR count). The molecule has 1 saturated heterocycles. The highest BCUT2D eigenvalue weighted by molar-refractivity contribution is 7.91. The van der Waals surface area contributed by atoms with Crippen LogP contribution in [0.5, 0.6) is 0 Å². The predicted octanol–water partition coefficient (Wildman–Crippen LogP) is 1.03. The van der Waals surface area contributed by atoms with Gasteiger partial charge in [-0.3, -0.25) is 9.59 Å². The van der Waals surface area contributed by atoms with Crippen molar-refractivity contribution in [2.45, 2.75) is 32.7 Å². The summed E-state index contributed by atoms with van der Waals surface area (Å²) in [7, 11) is -1.51. The first-order chi connectivity index (χ1) is 11.2. The molecule has 7 heteroatoms. The van der Waals surface area contributed by atoms with Crippen LogP contribution in [-0.2, 0) is 30.6 Å². The summed E-state index contributed by atoms with van der Waals surface area (Å²) >= 11 is 0. The Morgan fingerprint density at radius 1 is 1.25 bits per heavy atom. The quantitative estimate of drug-likeness (QED) is 0.739. The van der Waals surface area contributed by atoms with Crippen LogP contribution in [0.3, 0.4) is 0 Å². The Balaban J connectivity index is 1.82. The van der Waals surface area contributed by atoms with Gasteiger partial charge in [0, 0.05) is 13.1 Å². The van der Waals surface area contributed by atoms with Gasteiger partial charge in [0.1, 0.15) is 0 Å². The third kappa shape index (κ3) is 4.80. The normalized spacial score (nSPS) is 19.0. The highest BCUT2D eigenvalue weighted by atomic mass is 32.2. The van der Waals surface area contributed by atoms with Crippen LogP contribution >= 0.6 is 0 Å². The van der Waals surface area contributed by atoms with Crippen molar-refractivity contribution in [1.82, 2.24) is 4.90 Å². The fourth-order valence-corrected chi connectivity index (χ4v) is 4.43. The topological polar surface area (TPSA) is 80.8 Å². The summed E-state index contributed by atoms with van der Waals surface area (Å²) in [5.41, 5.74) is 3.08. The molecule has 0 spiro atoms. The van der Waals surface area contributed by atoms with Crippen LogP contribution in [0.4, 0.5) is 0 Å². The van der Waals surface area contributed by atoms with Crippen LogP contribution in [0, 0.1) is 13.8 Å². The lowest BCUT2D eigenvalue weighted by Gasteiger charge is -2.23. The van der Waals surface area contributed by atoms with Gasteiger partial charge >= 0.3 is 5.97 Å². The van der Waals surface area contributed by atoms with Gasteiger partial charge in [-0.15, -0.1) is 0 Å². The van der Waals surface area contributed by atoms with Crippen LogP contribution in [0.25, 0.3) is 0 Å². The highest BCUT2D eigenvalue weighted by Gasteiger charge is 2.32. The van der Waals surface area contributed by atoms with Crippen molar-refractivity contribution in [2.24, 2.45) is 0 Å². The molecule has 1 aliphatic rings. The molecule has 24 heavy (non-hydrogen) atoms. The van der Waals surface area contributed by atoms with Gasteiger partial charge in [-0.2, -0.15) is 0 Å². The maximum atomic E-state index is 12.1. The van der Waals surface area contributed by atoms with Crippen LogP contribution in [0.15, 0.2) is 18.2 Å². The molecule has 0 radical (unpaired) electrons. The number of benzene rings is 1. The van der Waals surface area contributed by atoms with E-state index in [0.717, 1.165) is 16.7 Å². The number of nitrogens with zero attached hydrogens (tertiary/aromatic N) is 1. The second-order valence-corrected chi connectivity index (χ2v) is 8.55. The molecule has 1 atom stereocenters. The van der Waals surface area contributed by atoms with Crippen LogP contribution in [0.1, 0.15) is 23.1 Å². The molecule has 0 unspecified atom stereocenters. The number of aryl methyl sites for hydroxylation is 2. The number of ether oxygens (including phenoxy) is 1. The molecule has 0 bridgehead atoms. The van der Waals surface area contributed by atoms with Crippen molar-refractivity contribution in [3.05, 3.63) is 34.9 Å². The largest absolute Gasteiger partial charge is 0.455 e. The number of hydrogen-bond donors (Lipinski definition) is 0. The van der Waals surface area contributed by atoms with E-state index in [4.69, 9.17) is 4.74 Å². The highest BCUT2D eigenvalue weighted by Crippen LogP contribution is 2.16. The lowest BCUT2D eigenvalue weighted by molar-refractivity contribution is -0.151. The van der Waals surface area contributed by atoms with E-state index in [9.17, 15) is 18.0 Å². The fraction of sp³-hybridized carbons (Fsp3) is 0.529. The van der Waals surface area contributed by atoms with E-state index in [1.807, 2.05) is 32.0 Å². The molecular weight excluding hydrogens is 330 g/mol. The number of sulfone groups is 1. The van der Waals surface area contributed by atoms with E-state index in [-0.39, 0.29) is 36.5 Å². The minimum Gasteiger partial charge on any atom is -0.455 e. The Bertz CT molecular complexity index is 741. The first-order valence-corrected chi connectivity index (χ1v) is 9.68. The molecule has 1 aliphatic heterocycles. The van der Waals surface area contributed by atoms with Crippen LogP contribution in [0.2, 0.25) is 0 Å². The smallest absolute Gasteiger partial charge is 0.310 e. The van der Waals surface area contributed by atoms with Crippen molar-refractivity contribution < 1.29 is 22.7 Å². The number of carbonyl (C=O) groups excluding carboxylic acids is 2. The van der Waals surface area contributed by atoms with Gasteiger partial charge < -0.3 is 9.64 Å². The molecule has 0 N–H and O–H groups in total. The minimum absolute atomic E-state index is 0.0220. The van der Waals surface area contributed by atoms with E-state index in [2.05, 4.69) is 0 Å². The SMILES string of the molecule is Cc1ccc(CC(=O)OCC(=O)N(C)[C@@H]2CCS(=O)(=O)C2)cc1C.